The zero-order valence-electron chi connectivity index (χ0n) is 16.3. The van der Waals surface area contributed by atoms with Crippen LogP contribution in [-0.2, 0) is 0 Å². The van der Waals surface area contributed by atoms with Crippen LogP contribution in [0.2, 0.25) is 0 Å². The second-order valence-electron chi connectivity index (χ2n) is 7.24. The normalized spacial score (nSPS) is 19.8. The fourth-order valence-electron chi connectivity index (χ4n) is 3.91. The molecule has 1 atom stereocenters. The second kappa shape index (κ2) is 8.87. The molecule has 0 N–H and O–H groups in total. The van der Waals surface area contributed by atoms with Crippen LogP contribution in [0.4, 0.5) is 0 Å². The Morgan fingerprint density at radius 1 is 1.04 bits per heavy atom. The third kappa shape index (κ3) is 4.16. The molecule has 0 radical (unpaired) electrons. The molecule has 0 amide bonds. The number of hydrogen-bond donors (Lipinski definition) is 0. The predicted molar refractivity (Wildman–Crippen MR) is 113 cm³/mol. The van der Waals surface area contributed by atoms with Gasteiger partial charge in [-0.2, -0.15) is 0 Å². The van der Waals surface area contributed by atoms with Gasteiger partial charge in [0.15, 0.2) is 11.5 Å². The molecule has 0 saturated heterocycles. The number of ether oxygens (including phenoxy) is 2. The summed E-state index contributed by atoms with van der Waals surface area (Å²) in [5.74, 6) is 1.86. The summed E-state index contributed by atoms with van der Waals surface area (Å²) in [5.41, 5.74) is 3.30. The number of allylic oxidation sites excluding steroid dienone is 2. The SMILES string of the molecule is COc1cccc(/C=C/C2=NC=CCC2c2ccncc2)c1OC1CCCC1. The summed E-state index contributed by atoms with van der Waals surface area (Å²) in [5, 5.41) is 0. The number of pyridine rings is 1. The summed E-state index contributed by atoms with van der Waals surface area (Å²) in [7, 11) is 1.69. The van der Waals surface area contributed by atoms with Gasteiger partial charge in [0.1, 0.15) is 0 Å². The first-order valence-electron chi connectivity index (χ1n) is 9.99. The van der Waals surface area contributed by atoms with E-state index in [1.807, 2.05) is 30.7 Å². The molecular weight excluding hydrogens is 348 g/mol. The average molecular weight is 374 g/mol. The first-order valence-corrected chi connectivity index (χ1v) is 9.99. The summed E-state index contributed by atoms with van der Waals surface area (Å²) in [4.78, 5) is 8.77. The molecule has 2 aliphatic rings. The number of methoxy groups -OCH3 is 1. The first kappa shape index (κ1) is 18.5. The van der Waals surface area contributed by atoms with Gasteiger partial charge in [-0.05, 0) is 68.0 Å². The maximum Gasteiger partial charge on any atom is 0.168 e. The minimum Gasteiger partial charge on any atom is -0.493 e. The zero-order valence-corrected chi connectivity index (χ0v) is 16.3. The first-order chi connectivity index (χ1) is 13.8. The van der Waals surface area contributed by atoms with Crippen LogP contribution in [0.15, 0.2) is 66.1 Å². The highest BCUT2D eigenvalue weighted by Gasteiger charge is 2.21. The van der Waals surface area contributed by atoms with Gasteiger partial charge >= 0.3 is 0 Å². The summed E-state index contributed by atoms with van der Waals surface area (Å²) >= 11 is 0. The number of aromatic nitrogens is 1. The molecule has 1 saturated carbocycles. The molecule has 1 aromatic heterocycles. The maximum absolute atomic E-state index is 6.34. The van der Waals surface area contributed by atoms with Crippen molar-refractivity contribution in [1.29, 1.82) is 0 Å². The average Bonchev–Trinajstić information content (AvgIpc) is 3.27. The van der Waals surface area contributed by atoms with Gasteiger partial charge in [-0.1, -0.05) is 18.2 Å². The van der Waals surface area contributed by atoms with Crippen molar-refractivity contribution < 1.29 is 9.47 Å². The minimum absolute atomic E-state index is 0.244. The number of rotatable bonds is 6. The fraction of sp³-hybridized carbons (Fsp3) is 0.333. The molecule has 2 heterocycles. The maximum atomic E-state index is 6.34. The molecule has 0 bridgehead atoms. The summed E-state index contributed by atoms with van der Waals surface area (Å²) < 4.78 is 11.9. The molecule has 4 nitrogen and oxygen atoms in total. The molecule has 4 rings (SSSR count). The van der Waals surface area contributed by atoms with Gasteiger partial charge < -0.3 is 9.47 Å². The van der Waals surface area contributed by atoms with Gasteiger partial charge in [0.2, 0.25) is 0 Å². The number of nitrogens with zero attached hydrogens (tertiary/aromatic N) is 2. The van der Waals surface area contributed by atoms with E-state index in [0.29, 0.717) is 0 Å². The van der Waals surface area contributed by atoms with E-state index in [2.05, 4.69) is 46.4 Å². The summed E-state index contributed by atoms with van der Waals surface area (Å²) in [6, 6.07) is 10.2. The second-order valence-corrected chi connectivity index (χ2v) is 7.24. The Bertz CT molecular complexity index is 881. The van der Waals surface area contributed by atoms with Gasteiger partial charge in [-0.3, -0.25) is 9.98 Å². The van der Waals surface area contributed by atoms with Crippen LogP contribution in [0.1, 0.15) is 49.1 Å². The molecule has 1 aliphatic heterocycles. The highest BCUT2D eigenvalue weighted by Crippen LogP contribution is 2.36. The van der Waals surface area contributed by atoms with Gasteiger partial charge in [0.25, 0.3) is 0 Å². The third-order valence-corrected chi connectivity index (χ3v) is 5.42. The van der Waals surface area contributed by atoms with E-state index in [1.165, 1.54) is 18.4 Å². The highest BCUT2D eigenvalue weighted by molar-refractivity contribution is 6.04. The lowest BCUT2D eigenvalue weighted by Crippen LogP contribution is -2.13. The van der Waals surface area contributed by atoms with Crippen molar-refractivity contribution >= 4 is 11.8 Å². The van der Waals surface area contributed by atoms with Crippen molar-refractivity contribution in [3.05, 3.63) is 72.2 Å². The van der Waals surface area contributed by atoms with Crippen LogP contribution in [0.25, 0.3) is 6.08 Å². The van der Waals surface area contributed by atoms with Gasteiger partial charge in [0, 0.05) is 35.8 Å². The van der Waals surface area contributed by atoms with Crippen molar-refractivity contribution in [2.45, 2.75) is 44.1 Å². The highest BCUT2D eigenvalue weighted by atomic mass is 16.5. The van der Waals surface area contributed by atoms with E-state index in [0.717, 1.165) is 42.0 Å². The van der Waals surface area contributed by atoms with Crippen molar-refractivity contribution in [2.24, 2.45) is 4.99 Å². The Labute approximate surface area is 166 Å². The van der Waals surface area contributed by atoms with E-state index in [4.69, 9.17) is 9.47 Å². The standard InChI is InChI=1S/C24H26N2O2/c1-27-23-10-4-6-19(24(23)28-20-7-2-3-8-20)11-12-22-21(9-5-15-26-22)18-13-16-25-17-14-18/h4-6,10-17,20-21H,2-3,7-9H2,1H3/b12-11+. The molecule has 144 valence electrons. The van der Waals surface area contributed by atoms with E-state index >= 15 is 0 Å². The Morgan fingerprint density at radius 3 is 2.64 bits per heavy atom. The van der Waals surface area contributed by atoms with E-state index in [-0.39, 0.29) is 12.0 Å². The van der Waals surface area contributed by atoms with E-state index in [9.17, 15) is 0 Å². The lowest BCUT2D eigenvalue weighted by Gasteiger charge is -2.19. The van der Waals surface area contributed by atoms with Crippen molar-refractivity contribution in [3.63, 3.8) is 0 Å². The molecule has 28 heavy (non-hydrogen) atoms. The molecule has 4 heteroatoms. The molecule has 1 aromatic carbocycles. The van der Waals surface area contributed by atoms with Crippen LogP contribution in [0.5, 0.6) is 11.5 Å². The predicted octanol–water partition coefficient (Wildman–Crippen LogP) is 5.57. The quantitative estimate of drug-likeness (QED) is 0.664. The molecule has 2 aromatic rings. The smallest absolute Gasteiger partial charge is 0.168 e. The van der Waals surface area contributed by atoms with Crippen molar-refractivity contribution in [1.82, 2.24) is 4.98 Å². The minimum atomic E-state index is 0.244. The molecule has 1 fully saturated rings. The van der Waals surface area contributed by atoms with E-state index < -0.39 is 0 Å². The Hall–Kier alpha value is -2.88. The monoisotopic (exact) mass is 374 g/mol. The van der Waals surface area contributed by atoms with Gasteiger partial charge in [-0.25, -0.2) is 0 Å². The van der Waals surface area contributed by atoms with Crippen LogP contribution in [-0.4, -0.2) is 23.9 Å². The summed E-state index contributed by atoms with van der Waals surface area (Å²) in [6.07, 6.45) is 17.8. The summed E-state index contributed by atoms with van der Waals surface area (Å²) in [6.45, 7) is 0. The largest absolute Gasteiger partial charge is 0.493 e. The molecular formula is C24H26N2O2. The molecule has 1 unspecified atom stereocenters. The van der Waals surface area contributed by atoms with E-state index in [1.54, 1.807) is 7.11 Å². The number of benzene rings is 1. The Balaban J connectivity index is 1.61. The van der Waals surface area contributed by atoms with Gasteiger partial charge in [0.05, 0.1) is 13.2 Å². The molecule has 1 aliphatic carbocycles. The number of aliphatic imine (C=N–C) groups is 1. The van der Waals surface area contributed by atoms with Crippen molar-refractivity contribution in [3.8, 4) is 11.5 Å². The lowest BCUT2D eigenvalue weighted by atomic mass is 9.89. The fourth-order valence-corrected chi connectivity index (χ4v) is 3.91. The van der Waals surface area contributed by atoms with Crippen LogP contribution in [0.3, 0.4) is 0 Å². The van der Waals surface area contributed by atoms with Crippen LogP contribution < -0.4 is 9.47 Å². The number of hydrogen-bond acceptors (Lipinski definition) is 4. The zero-order chi connectivity index (χ0) is 19.2. The van der Waals surface area contributed by atoms with Crippen LogP contribution in [0, 0.1) is 0 Å². The third-order valence-electron chi connectivity index (χ3n) is 5.42. The number of para-hydroxylation sites is 1. The topological polar surface area (TPSA) is 43.7 Å². The lowest BCUT2D eigenvalue weighted by molar-refractivity contribution is 0.200. The van der Waals surface area contributed by atoms with Gasteiger partial charge in [-0.15, -0.1) is 0 Å². The molecule has 0 spiro atoms. The van der Waals surface area contributed by atoms with Crippen molar-refractivity contribution in [2.75, 3.05) is 7.11 Å². The Kier molecular flexibility index (Phi) is 5.86. The van der Waals surface area contributed by atoms with Crippen LogP contribution >= 0.6 is 0 Å². The Morgan fingerprint density at radius 2 is 1.86 bits per heavy atom.